The van der Waals surface area contributed by atoms with Crippen molar-refractivity contribution in [3.8, 4) is 0 Å². The van der Waals surface area contributed by atoms with Gasteiger partial charge >= 0.3 is 5.97 Å². The number of rotatable bonds is 6. The second-order valence-electron chi connectivity index (χ2n) is 5.75. The van der Waals surface area contributed by atoms with E-state index in [9.17, 15) is 9.59 Å². The van der Waals surface area contributed by atoms with Crippen LogP contribution >= 0.6 is 0 Å². The van der Waals surface area contributed by atoms with Gasteiger partial charge in [0.25, 0.3) is 0 Å². The highest BCUT2D eigenvalue weighted by Gasteiger charge is 2.20. The molecule has 0 atom stereocenters. The predicted molar refractivity (Wildman–Crippen MR) is 78.0 cm³/mol. The van der Waals surface area contributed by atoms with E-state index >= 15 is 0 Å². The fourth-order valence-corrected chi connectivity index (χ4v) is 1.59. The number of carbonyl (C=O) groups excluding carboxylic acids is 2. The molecule has 21 heavy (non-hydrogen) atoms. The highest BCUT2D eigenvalue weighted by molar-refractivity contribution is 5.91. The summed E-state index contributed by atoms with van der Waals surface area (Å²) >= 11 is 0. The van der Waals surface area contributed by atoms with Crippen LogP contribution in [0.2, 0.25) is 0 Å². The van der Waals surface area contributed by atoms with Gasteiger partial charge in [-0.2, -0.15) is 0 Å². The zero-order valence-corrected chi connectivity index (χ0v) is 13.2. The van der Waals surface area contributed by atoms with Gasteiger partial charge in [-0.25, -0.2) is 0 Å². The smallest absolute Gasteiger partial charge is 0.319 e. The molecule has 0 aliphatic heterocycles. The number of amides is 1. The molecule has 1 amide bonds. The number of esters is 1. The van der Waals surface area contributed by atoms with Gasteiger partial charge in [0.05, 0.1) is 25.9 Å². The van der Waals surface area contributed by atoms with Crippen LogP contribution in [-0.4, -0.2) is 48.7 Å². The first-order valence-electron chi connectivity index (χ1n) is 6.82. The largest absolute Gasteiger partial charge is 0.468 e. The molecule has 7 heteroatoms. The topological polar surface area (TPSA) is 84.7 Å². The van der Waals surface area contributed by atoms with Crippen molar-refractivity contribution < 1.29 is 18.8 Å². The number of anilines is 1. The standard InChI is InChI=1S/C14H23N3O4/c1-6-17(9-13(19)20-5)8-11(18)15-12-7-10(16-21-12)14(2,3)4/h7H,6,8-9H2,1-5H3,(H,15,18). The van der Waals surface area contributed by atoms with Crippen LogP contribution in [0.1, 0.15) is 33.4 Å². The summed E-state index contributed by atoms with van der Waals surface area (Å²) in [6, 6.07) is 1.70. The molecule has 1 rings (SSSR count). The summed E-state index contributed by atoms with van der Waals surface area (Å²) in [5.41, 5.74) is 0.618. The molecule has 0 radical (unpaired) electrons. The number of hydrogen-bond acceptors (Lipinski definition) is 6. The molecule has 0 aliphatic rings. The summed E-state index contributed by atoms with van der Waals surface area (Å²) in [5.74, 6) is -0.337. The first-order chi connectivity index (χ1) is 9.76. The van der Waals surface area contributed by atoms with Crippen LogP contribution < -0.4 is 5.32 Å². The quantitative estimate of drug-likeness (QED) is 0.799. The van der Waals surface area contributed by atoms with Gasteiger partial charge in [-0.1, -0.05) is 32.9 Å². The number of methoxy groups -OCH3 is 1. The highest BCUT2D eigenvalue weighted by Crippen LogP contribution is 2.23. The van der Waals surface area contributed by atoms with Crippen molar-refractivity contribution in [1.82, 2.24) is 10.1 Å². The molecule has 0 fully saturated rings. The lowest BCUT2D eigenvalue weighted by atomic mass is 9.92. The van der Waals surface area contributed by atoms with Gasteiger partial charge in [0, 0.05) is 11.5 Å². The van der Waals surface area contributed by atoms with Gasteiger partial charge < -0.3 is 9.26 Å². The Labute approximate surface area is 124 Å². The van der Waals surface area contributed by atoms with E-state index in [1.807, 2.05) is 27.7 Å². The van der Waals surface area contributed by atoms with Crippen molar-refractivity contribution in [2.45, 2.75) is 33.1 Å². The molecular formula is C14H23N3O4. The molecule has 1 aromatic rings. The average molecular weight is 297 g/mol. The minimum Gasteiger partial charge on any atom is -0.468 e. The van der Waals surface area contributed by atoms with E-state index in [-0.39, 0.29) is 30.4 Å². The predicted octanol–water partition coefficient (Wildman–Crippen LogP) is 1.41. The minimum atomic E-state index is -0.376. The number of likely N-dealkylation sites (N-methyl/N-ethyl adjacent to an activating group) is 1. The Bertz CT molecular complexity index is 491. The molecule has 0 unspecified atom stereocenters. The monoisotopic (exact) mass is 297 g/mol. The third-order valence-corrected chi connectivity index (χ3v) is 2.94. The maximum absolute atomic E-state index is 11.9. The Balaban J connectivity index is 2.56. The number of carbonyl (C=O) groups is 2. The van der Waals surface area contributed by atoms with Crippen molar-refractivity contribution in [2.75, 3.05) is 32.1 Å². The minimum absolute atomic E-state index is 0.0735. The lowest BCUT2D eigenvalue weighted by Crippen LogP contribution is -2.37. The van der Waals surface area contributed by atoms with E-state index in [0.29, 0.717) is 12.4 Å². The van der Waals surface area contributed by atoms with Gasteiger partial charge in [-0.05, 0) is 6.54 Å². The van der Waals surface area contributed by atoms with E-state index < -0.39 is 0 Å². The van der Waals surface area contributed by atoms with E-state index in [4.69, 9.17) is 4.52 Å². The third kappa shape index (κ3) is 5.55. The van der Waals surface area contributed by atoms with Crippen LogP contribution in [0.5, 0.6) is 0 Å². The maximum Gasteiger partial charge on any atom is 0.319 e. The number of nitrogens with zero attached hydrogens (tertiary/aromatic N) is 2. The van der Waals surface area contributed by atoms with Crippen LogP contribution in [0.3, 0.4) is 0 Å². The van der Waals surface area contributed by atoms with Crippen LogP contribution in [0.4, 0.5) is 5.88 Å². The molecule has 118 valence electrons. The van der Waals surface area contributed by atoms with Gasteiger partial charge in [-0.3, -0.25) is 19.8 Å². The fourth-order valence-electron chi connectivity index (χ4n) is 1.59. The summed E-state index contributed by atoms with van der Waals surface area (Å²) in [7, 11) is 1.32. The zero-order chi connectivity index (χ0) is 16.0. The van der Waals surface area contributed by atoms with Crippen LogP contribution in [0.15, 0.2) is 10.6 Å². The molecule has 1 aromatic heterocycles. The lowest BCUT2D eigenvalue weighted by Gasteiger charge is -2.17. The van der Waals surface area contributed by atoms with Crippen molar-refractivity contribution in [3.63, 3.8) is 0 Å². The summed E-state index contributed by atoms with van der Waals surface area (Å²) in [6.45, 7) is 8.60. The number of ether oxygens (including phenoxy) is 1. The number of aromatic nitrogens is 1. The van der Waals surface area contributed by atoms with Crippen molar-refractivity contribution in [3.05, 3.63) is 11.8 Å². The number of nitrogens with one attached hydrogen (secondary N) is 1. The molecule has 0 bridgehead atoms. The Kier molecular flexibility index (Phi) is 5.90. The lowest BCUT2D eigenvalue weighted by molar-refractivity contribution is -0.142. The van der Waals surface area contributed by atoms with Crippen LogP contribution in [-0.2, 0) is 19.7 Å². The van der Waals surface area contributed by atoms with E-state index in [1.54, 1.807) is 11.0 Å². The van der Waals surface area contributed by atoms with Gasteiger partial charge in [-0.15, -0.1) is 0 Å². The Morgan fingerprint density at radius 1 is 1.38 bits per heavy atom. The molecule has 0 spiro atoms. The van der Waals surface area contributed by atoms with Crippen molar-refractivity contribution >= 4 is 17.8 Å². The van der Waals surface area contributed by atoms with Crippen LogP contribution in [0.25, 0.3) is 0 Å². The SMILES string of the molecule is CCN(CC(=O)Nc1cc(C(C)(C)C)no1)CC(=O)OC. The van der Waals surface area contributed by atoms with Crippen LogP contribution in [0, 0.1) is 0 Å². The average Bonchev–Trinajstić information content (AvgIpc) is 2.85. The first-order valence-corrected chi connectivity index (χ1v) is 6.82. The second-order valence-corrected chi connectivity index (χ2v) is 5.75. The second kappa shape index (κ2) is 7.21. The normalized spacial score (nSPS) is 11.5. The van der Waals surface area contributed by atoms with Gasteiger partial charge in [0.1, 0.15) is 0 Å². The molecule has 1 heterocycles. The summed E-state index contributed by atoms with van der Waals surface area (Å²) in [6.07, 6.45) is 0. The molecule has 0 aliphatic carbocycles. The summed E-state index contributed by atoms with van der Waals surface area (Å²) in [5, 5.41) is 6.55. The Hall–Kier alpha value is -1.89. The Morgan fingerprint density at radius 3 is 2.52 bits per heavy atom. The third-order valence-electron chi connectivity index (χ3n) is 2.94. The molecule has 0 saturated heterocycles. The summed E-state index contributed by atoms with van der Waals surface area (Å²) in [4.78, 5) is 24.8. The molecule has 0 aromatic carbocycles. The maximum atomic E-state index is 11.9. The molecule has 1 N–H and O–H groups in total. The van der Waals surface area contributed by atoms with Crippen molar-refractivity contribution in [1.29, 1.82) is 0 Å². The molecule has 7 nitrogen and oxygen atoms in total. The summed E-state index contributed by atoms with van der Waals surface area (Å²) < 4.78 is 9.67. The van der Waals surface area contributed by atoms with E-state index in [0.717, 1.165) is 5.69 Å². The fraction of sp³-hybridized carbons (Fsp3) is 0.643. The molecule has 0 saturated carbocycles. The highest BCUT2D eigenvalue weighted by atomic mass is 16.5. The van der Waals surface area contributed by atoms with E-state index in [2.05, 4.69) is 15.2 Å². The first kappa shape index (κ1) is 17.2. The molecular weight excluding hydrogens is 274 g/mol. The number of hydrogen-bond donors (Lipinski definition) is 1. The van der Waals surface area contributed by atoms with Gasteiger partial charge in [0.15, 0.2) is 0 Å². The zero-order valence-electron chi connectivity index (χ0n) is 13.2. The Morgan fingerprint density at radius 2 is 2.05 bits per heavy atom. The van der Waals surface area contributed by atoms with Crippen molar-refractivity contribution in [2.24, 2.45) is 0 Å². The van der Waals surface area contributed by atoms with E-state index in [1.165, 1.54) is 7.11 Å². The van der Waals surface area contributed by atoms with Gasteiger partial charge in [0.2, 0.25) is 11.8 Å².